The second-order valence-corrected chi connectivity index (χ2v) is 8.19. The number of thiazole rings is 1. The molecule has 28 heavy (non-hydrogen) atoms. The van der Waals surface area contributed by atoms with E-state index in [1.54, 1.807) is 0 Å². The Bertz CT molecular complexity index is 1010. The summed E-state index contributed by atoms with van der Waals surface area (Å²) in [5.74, 6) is 0.529. The Morgan fingerprint density at radius 2 is 1.93 bits per heavy atom. The van der Waals surface area contributed by atoms with Crippen LogP contribution in [0.2, 0.25) is 0 Å². The first kappa shape index (κ1) is 18.7. The zero-order valence-electron chi connectivity index (χ0n) is 16.2. The molecule has 144 valence electrons. The maximum absolute atomic E-state index is 12.2. The van der Waals surface area contributed by atoms with E-state index in [-0.39, 0.29) is 12.5 Å². The zero-order chi connectivity index (χ0) is 19.5. The first-order valence-corrected chi connectivity index (χ1v) is 10.5. The van der Waals surface area contributed by atoms with E-state index in [0.29, 0.717) is 5.13 Å². The van der Waals surface area contributed by atoms with Gasteiger partial charge in [-0.05, 0) is 68.4 Å². The van der Waals surface area contributed by atoms with E-state index in [0.717, 1.165) is 29.0 Å². The van der Waals surface area contributed by atoms with Crippen molar-refractivity contribution in [2.75, 3.05) is 11.9 Å². The minimum absolute atomic E-state index is 0.0301. The Morgan fingerprint density at radius 3 is 2.75 bits per heavy atom. The summed E-state index contributed by atoms with van der Waals surface area (Å²) in [5, 5.41) is 5.43. The van der Waals surface area contributed by atoms with Crippen LogP contribution >= 0.6 is 11.3 Å². The number of amides is 1. The molecule has 4 rings (SSSR count). The van der Waals surface area contributed by atoms with Crippen molar-refractivity contribution in [3.63, 3.8) is 0 Å². The number of nitrogens with one attached hydrogen (secondary N) is 1. The SMILES string of the molecule is Cc1ccc(OCC(=O)Nc2nc(-c3ccc4c(c3)CCCC4)cs2)c(C)c1. The number of aryl methyl sites for hydroxylation is 4. The van der Waals surface area contributed by atoms with Gasteiger partial charge >= 0.3 is 0 Å². The lowest BCUT2D eigenvalue weighted by Gasteiger charge is -2.16. The summed E-state index contributed by atoms with van der Waals surface area (Å²) in [6, 6.07) is 12.5. The van der Waals surface area contributed by atoms with Crippen molar-refractivity contribution in [3.05, 3.63) is 64.0 Å². The lowest BCUT2D eigenvalue weighted by Crippen LogP contribution is -2.20. The molecule has 2 aromatic carbocycles. The summed E-state index contributed by atoms with van der Waals surface area (Å²) in [6.45, 7) is 3.98. The van der Waals surface area contributed by atoms with E-state index < -0.39 is 0 Å². The molecule has 1 heterocycles. The average Bonchev–Trinajstić information content (AvgIpc) is 3.15. The van der Waals surface area contributed by atoms with Gasteiger partial charge in [0.2, 0.25) is 0 Å². The summed E-state index contributed by atoms with van der Waals surface area (Å²) in [4.78, 5) is 16.8. The standard InChI is InChI=1S/C23H24N2O2S/c1-15-7-10-21(16(2)11-15)27-13-22(26)25-23-24-20(14-28-23)19-9-8-17-5-3-4-6-18(17)12-19/h7-12,14H,3-6,13H2,1-2H3,(H,24,25,26). The molecular formula is C23H24N2O2S. The van der Waals surface area contributed by atoms with Crippen LogP contribution < -0.4 is 10.1 Å². The number of nitrogens with zero attached hydrogens (tertiary/aromatic N) is 1. The fourth-order valence-electron chi connectivity index (χ4n) is 3.62. The molecule has 0 unspecified atom stereocenters. The number of ether oxygens (including phenoxy) is 1. The topological polar surface area (TPSA) is 51.2 Å². The normalized spacial score (nSPS) is 13.1. The molecule has 0 atom stereocenters. The number of aromatic nitrogens is 1. The second-order valence-electron chi connectivity index (χ2n) is 7.33. The molecule has 0 spiro atoms. The summed E-state index contributed by atoms with van der Waals surface area (Å²) in [7, 11) is 0. The van der Waals surface area contributed by atoms with Crippen LogP contribution in [0.1, 0.15) is 35.1 Å². The first-order valence-electron chi connectivity index (χ1n) is 9.66. The molecule has 3 aromatic rings. The number of rotatable bonds is 5. The fourth-order valence-corrected chi connectivity index (χ4v) is 4.35. The van der Waals surface area contributed by atoms with Crippen molar-refractivity contribution in [1.29, 1.82) is 0 Å². The number of hydrogen-bond acceptors (Lipinski definition) is 4. The predicted octanol–water partition coefficient (Wildman–Crippen LogP) is 5.32. The molecule has 0 saturated heterocycles. The number of carbonyl (C=O) groups is 1. The van der Waals surface area contributed by atoms with Crippen molar-refractivity contribution in [2.24, 2.45) is 0 Å². The highest BCUT2D eigenvalue weighted by Crippen LogP contribution is 2.29. The number of anilines is 1. The first-order chi connectivity index (χ1) is 13.6. The lowest BCUT2D eigenvalue weighted by atomic mass is 9.90. The highest BCUT2D eigenvalue weighted by Gasteiger charge is 2.13. The minimum atomic E-state index is -0.202. The van der Waals surface area contributed by atoms with Crippen LogP contribution in [-0.2, 0) is 17.6 Å². The molecule has 1 aliphatic rings. The molecule has 4 nitrogen and oxygen atoms in total. The van der Waals surface area contributed by atoms with Crippen LogP contribution in [0.15, 0.2) is 41.8 Å². The molecule has 0 fully saturated rings. The quantitative estimate of drug-likeness (QED) is 0.639. The Labute approximate surface area is 169 Å². The predicted molar refractivity (Wildman–Crippen MR) is 114 cm³/mol. The van der Waals surface area contributed by atoms with Gasteiger partial charge in [-0.2, -0.15) is 0 Å². The summed E-state index contributed by atoms with van der Waals surface area (Å²) in [5.41, 5.74) is 7.11. The van der Waals surface area contributed by atoms with Crippen LogP contribution in [0.4, 0.5) is 5.13 Å². The van der Waals surface area contributed by atoms with Crippen LogP contribution in [-0.4, -0.2) is 17.5 Å². The molecule has 1 aromatic heterocycles. The largest absolute Gasteiger partial charge is 0.483 e. The van der Waals surface area contributed by atoms with Crippen molar-refractivity contribution in [1.82, 2.24) is 4.98 Å². The van der Waals surface area contributed by atoms with Crippen LogP contribution in [0.3, 0.4) is 0 Å². The van der Waals surface area contributed by atoms with Gasteiger partial charge < -0.3 is 4.74 Å². The van der Waals surface area contributed by atoms with Gasteiger partial charge in [0, 0.05) is 10.9 Å². The number of hydrogen-bond donors (Lipinski definition) is 1. The third kappa shape index (κ3) is 4.25. The maximum atomic E-state index is 12.2. The fraction of sp³-hybridized carbons (Fsp3) is 0.304. The van der Waals surface area contributed by atoms with E-state index in [1.165, 1.54) is 47.3 Å². The van der Waals surface area contributed by atoms with Crippen molar-refractivity contribution >= 4 is 22.4 Å². The summed E-state index contributed by atoms with van der Waals surface area (Å²) >= 11 is 1.44. The average molecular weight is 393 g/mol. The maximum Gasteiger partial charge on any atom is 0.264 e. The monoisotopic (exact) mass is 392 g/mol. The molecule has 5 heteroatoms. The number of benzene rings is 2. The smallest absolute Gasteiger partial charge is 0.264 e. The molecule has 0 saturated carbocycles. The summed E-state index contributed by atoms with van der Waals surface area (Å²) < 4.78 is 5.64. The van der Waals surface area contributed by atoms with Gasteiger partial charge in [-0.3, -0.25) is 10.1 Å². The third-order valence-electron chi connectivity index (χ3n) is 5.08. The van der Waals surface area contributed by atoms with Gasteiger partial charge in [0.1, 0.15) is 5.75 Å². The van der Waals surface area contributed by atoms with E-state index >= 15 is 0 Å². The number of fused-ring (bicyclic) bond motifs is 1. The van der Waals surface area contributed by atoms with E-state index in [2.05, 4.69) is 28.5 Å². The second kappa shape index (κ2) is 8.15. The van der Waals surface area contributed by atoms with Gasteiger partial charge in [-0.1, -0.05) is 29.8 Å². The molecule has 0 aliphatic heterocycles. The Hall–Kier alpha value is -2.66. The lowest BCUT2D eigenvalue weighted by molar-refractivity contribution is -0.118. The third-order valence-corrected chi connectivity index (χ3v) is 5.84. The van der Waals surface area contributed by atoms with Gasteiger partial charge in [0.15, 0.2) is 11.7 Å². The molecule has 1 N–H and O–H groups in total. The van der Waals surface area contributed by atoms with Gasteiger partial charge in [0.05, 0.1) is 5.69 Å². The molecule has 1 amide bonds. The van der Waals surface area contributed by atoms with E-state index in [1.807, 2.05) is 37.4 Å². The van der Waals surface area contributed by atoms with Crippen molar-refractivity contribution in [2.45, 2.75) is 39.5 Å². The summed E-state index contributed by atoms with van der Waals surface area (Å²) in [6.07, 6.45) is 4.86. The van der Waals surface area contributed by atoms with Crippen molar-refractivity contribution in [3.8, 4) is 17.0 Å². The zero-order valence-corrected chi connectivity index (χ0v) is 17.1. The molecular weight excluding hydrogens is 368 g/mol. The number of carbonyl (C=O) groups excluding carboxylic acids is 1. The van der Waals surface area contributed by atoms with Gasteiger partial charge in [-0.25, -0.2) is 4.98 Å². The van der Waals surface area contributed by atoms with E-state index in [9.17, 15) is 4.79 Å². The van der Waals surface area contributed by atoms with Crippen molar-refractivity contribution < 1.29 is 9.53 Å². The Kier molecular flexibility index (Phi) is 5.44. The van der Waals surface area contributed by atoms with Crippen LogP contribution in [0, 0.1) is 13.8 Å². The minimum Gasteiger partial charge on any atom is -0.483 e. The van der Waals surface area contributed by atoms with Gasteiger partial charge in [0.25, 0.3) is 5.91 Å². The molecule has 1 aliphatic carbocycles. The Morgan fingerprint density at radius 1 is 1.11 bits per heavy atom. The van der Waals surface area contributed by atoms with Crippen LogP contribution in [0.5, 0.6) is 5.75 Å². The van der Waals surface area contributed by atoms with Gasteiger partial charge in [-0.15, -0.1) is 11.3 Å². The van der Waals surface area contributed by atoms with Crippen LogP contribution in [0.25, 0.3) is 11.3 Å². The van der Waals surface area contributed by atoms with E-state index in [4.69, 9.17) is 4.74 Å². The Balaban J connectivity index is 1.38. The molecule has 0 bridgehead atoms. The highest BCUT2D eigenvalue weighted by atomic mass is 32.1. The molecule has 0 radical (unpaired) electrons. The highest BCUT2D eigenvalue weighted by molar-refractivity contribution is 7.14.